The van der Waals surface area contributed by atoms with Gasteiger partial charge in [-0.1, -0.05) is 19.1 Å². The fraction of sp³-hybridized carbons (Fsp3) is 0.250. The average molecular weight is 301 g/mol. The summed E-state index contributed by atoms with van der Waals surface area (Å²) in [5.74, 6) is -0.274. The molecule has 0 spiro atoms. The van der Waals surface area contributed by atoms with Gasteiger partial charge in [-0.15, -0.1) is 11.3 Å². The van der Waals surface area contributed by atoms with Gasteiger partial charge < -0.3 is 5.32 Å². The molecule has 1 N–H and O–H groups in total. The van der Waals surface area contributed by atoms with Crippen molar-refractivity contribution < 1.29 is 4.39 Å². The van der Waals surface area contributed by atoms with Crippen LogP contribution in [0.3, 0.4) is 0 Å². The zero-order valence-corrected chi connectivity index (χ0v) is 12.5. The highest BCUT2D eigenvalue weighted by molar-refractivity contribution is 7.18. The first kappa shape index (κ1) is 14.1. The lowest BCUT2D eigenvalue weighted by molar-refractivity contribution is 0.507. The normalized spacial score (nSPS) is 12.7. The maximum absolute atomic E-state index is 14.0. The summed E-state index contributed by atoms with van der Waals surface area (Å²) in [5, 5.41) is 4.34. The van der Waals surface area contributed by atoms with Crippen molar-refractivity contribution in [2.45, 2.75) is 19.4 Å². The molecular formula is C16H16FN3S. The molecule has 3 rings (SSSR count). The Morgan fingerprint density at radius 2 is 2.14 bits per heavy atom. The second kappa shape index (κ2) is 6.28. The minimum atomic E-state index is -0.274. The second-order valence-electron chi connectivity index (χ2n) is 4.79. The van der Waals surface area contributed by atoms with Crippen LogP contribution < -0.4 is 5.32 Å². The highest BCUT2D eigenvalue weighted by atomic mass is 32.1. The SMILES string of the molecule is CCNC(Cc1nc2ccccc2s1)c1ccncc1F. The predicted molar refractivity (Wildman–Crippen MR) is 83.9 cm³/mol. The number of nitrogens with zero attached hydrogens (tertiary/aromatic N) is 2. The molecule has 2 heterocycles. The number of halogens is 1. The fourth-order valence-corrected chi connectivity index (χ4v) is 3.40. The molecular weight excluding hydrogens is 285 g/mol. The van der Waals surface area contributed by atoms with E-state index in [2.05, 4.69) is 21.4 Å². The Hall–Kier alpha value is -1.85. The van der Waals surface area contributed by atoms with E-state index in [0.717, 1.165) is 21.8 Å². The summed E-state index contributed by atoms with van der Waals surface area (Å²) in [6.07, 6.45) is 3.56. The molecule has 0 saturated carbocycles. The van der Waals surface area contributed by atoms with Crippen molar-refractivity contribution in [1.29, 1.82) is 0 Å². The van der Waals surface area contributed by atoms with Crippen LogP contribution in [-0.2, 0) is 6.42 Å². The van der Waals surface area contributed by atoms with Gasteiger partial charge in [-0.25, -0.2) is 9.37 Å². The maximum Gasteiger partial charge on any atom is 0.146 e. The highest BCUT2D eigenvalue weighted by Gasteiger charge is 2.17. The van der Waals surface area contributed by atoms with Crippen molar-refractivity contribution in [3.8, 4) is 0 Å². The molecule has 2 aromatic heterocycles. The smallest absolute Gasteiger partial charge is 0.146 e. The van der Waals surface area contributed by atoms with E-state index in [0.29, 0.717) is 12.0 Å². The lowest BCUT2D eigenvalue weighted by Gasteiger charge is -2.17. The Labute approximate surface area is 126 Å². The topological polar surface area (TPSA) is 37.8 Å². The quantitative estimate of drug-likeness (QED) is 0.780. The zero-order chi connectivity index (χ0) is 14.7. The van der Waals surface area contributed by atoms with Crippen LogP contribution in [0.1, 0.15) is 23.5 Å². The van der Waals surface area contributed by atoms with Crippen molar-refractivity contribution in [2.24, 2.45) is 0 Å². The van der Waals surface area contributed by atoms with Crippen molar-refractivity contribution in [1.82, 2.24) is 15.3 Å². The molecule has 5 heteroatoms. The second-order valence-corrected chi connectivity index (χ2v) is 5.90. The minimum absolute atomic E-state index is 0.0847. The van der Waals surface area contributed by atoms with Gasteiger partial charge in [0.2, 0.25) is 0 Å². The summed E-state index contributed by atoms with van der Waals surface area (Å²) in [7, 11) is 0. The number of rotatable bonds is 5. The van der Waals surface area contributed by atoms with Crippen molar-refractivity contribution in [2.75, 3.05) is 6.54 Å². The molecule has 0 aliphatic rings. The lowest BCUT2D eigenvalue weighted by Crippen LogP contribution is -2.24. The Balaban J connectivity index is 1.90. The number of para-hydroxylation sites is 1. The molecule has 1 unspecified atom stereocenters. The van der Waals surface area contributed by atoms with E-state index in [1.54, 1.807) is 23.6 Å². The lowest BCUT2D eigenvalue weighted by atomic mass is 10.1. The molecule has 0 saturated heterocycles. The molecule has 0 radical (unpaired) electrons. The molecule has 3 nitrogen and oxygen atoms in total. The van der Waals surface area contributed by atoms with Gasteiger partial charge in [0, 0.05) is 24.2 Å². The van der Waals surface area contributed by atoms with Gasteiger partial charge in [0.1, 0.15) is 5.82 Å². The van der Waals surface area contributed by atoms with Crippen LogP contribution in [0.2, 0.25) is 0 Å². The van der Waals surface area contributed by atoms with Gasteiger partial charge in [-0.3, -0.25) is 4.98 Å². The monoisotopic (exact) mass is 301 g/mol. The van der Waals surface area contributed by atoms with Gasteiger partial charge in [-0.2, -0.15) is 0 Å². The number of likely N-dealkylation sites (N-methyl/N-ethyl adjacent to an activating group) is 1. The van der Waals surface area contributed by atoms with Crippen LogP contribution in [0.25, 0.3) is 10.2 Å². The Kier molecular flexibility index (Phi) is 4.22. The molecule has 0 aliphatic carbocycles. The predicted octanol–water partition coefficient (Wildman–Crippen LogP) is 3.72. The van der Waals surface area contributed by atoms with E-state index < -0.39 is 0 Å². The van der Waals surface area contributed by atoms with Crippen LogP contribution in [0.5, 0.6) is 0 Å². The first-order valence-corrected chi connectivity index (χ1v) is 7.77. The van der Waals surface area contributed by atoms with Crippen molar-refractivity contribution >= 4 is 21.6 Å². The molecule has 0 amide bonds. The third-order valence-electron chi connectivity index (χ3n) is 3.35. The molecule has 0 aliphatic heterocycles. The number of aromatic nitrogens is 2. The van der Waals surface area contributed by atoms with E-state index in [9.17, 15) is 4.39 Å². The Morgan fingerprint density at radius 3 is 2.90 bits per heavy atom. The van der Waals surface area contributed by atoms with Crippen molar-refractivity contribution in [3.05, 3.63) is 59.1 Å². The van der Waals surface area contributed by atoms with Crippen LogP contribution in [-0.4, -0.2) is 16.5 Å². The van der Waals surface area contributed by atoms with E-state index in [1.807, 2.05) is 25.1 Å². The number of pyridine rings is 1. The molecule has 0 bridgehead atoms. The Morgan fingerprint density at radius 1 is 1.29 bits per heavy atom. The van der Waals surface area contributed by atoms with Gasteiger partial charge in [0.25, 0.3) is 0 Å². The average Bonchev–Trinajstić information content (AvgIpc) is 2.89. The number of nitrogens with one attached hydrogen (secondary N) is 1. The van der Waals surface area contributed by atoms with Gasteiger partial charge in [0.05, 0.1) is 21.4 Å². The summed E-state index contributed by atoms with van der Waals surface area (Å²) >= 11 is 1.66. The number of fused-ring (bicyclic) bond motifs is 1. The third-order valence-corrected chi connectivity index (χ3v) is 4.41. The summed E-state index contributed by atoms with van der Waals surface area (Å²) in [5.41, 5.74) is 1.65. The van der Waals surface area contributed by atoms with Crippen LogP contribution in [0.4, 0.5) is 4.39 Å². The largest absolute Gasteiger partial charge is 0.310 e. The molecule has 0 fully saturated rings. The molecule has 3 aromatic rings. The Bertz CT molecular complexity index is 708. The van der Waals surface area contributed by atoms with Crippen molar-refractivity contribution in [3.63, 3.8) is 0 Å². The molecule has 1 aromatic carbocycles. The number of benzene rings is 1. The van der Waals surface area contributed by atoms with E-state index >= 15 is 0 Å². The molecule has 108 valence electrons. The fourth-order valence-electron chi connectivity index (χ4n) is 2.39. The first-order chi connectivity index (χ1) is 10.3. The van der Waals surface area contributed by atoms with Gasteiger partial charge in [-0.05, 0) is 24.7 Å². The van der Waals surface area contributed by atoms with E-state index in [1.165, 1.54) is 6.20 Å². The van der Waals surface area contributed by atoms with Crippen LogP contribution >= 0.6 is 11.3 Å². The summed E-state index contributed by atoms with van der Waals surface area (Å²) < 4.78 is 15.1. The standard InChI is InChI=1S/C16H16FN3S/c1-2-19-14(11-7-8-18-10-12(11)17)9-16-20-13-5-3-4-6-15(13)21-16/h3-8,10,14,19H,2,9H2,1H3. The number of hydrogen-bond donors (Lipinski definition) is 1. The van der Waals surface area contributed by atoms with Gasteiger partial charge in [0.15, 0.2) is 0 Å². The summed E-state index contributed by atoms with van der Waals surface area (Å²) in [6, 6.07) is 9.70. The van der Waals surface area contributed by atoms with Crippen LogP contribution in [0.15, 0.2) is 42.7 Å². The van der Waals surface area contributed by atoms with E-state index in [-0.39, 0.29) is 11.9 Å². The molecule has 1 atom stereocenters. The van der Waals surface area contributed by atoms with E-state index in [4.69, 9.17) is 0 Å². The number of thiazole rings is 1. The van der Waals surface area contributed by atoms with Crippen LogP contribution in [0, 0.1) is 5.82 Å². The summed E-state index contributed by atoms with van der Waals surface area (Å²) in [6.45, 7) is 2.79. The minimum Gasteiger partial charge on any atom is -0.310 e. The first-order valence-electron chi connectivity index (χ1n) is 6.95. The third kappa shape index (κ3) is 3.09. The van der Waals surface area contributed by atoms with Gasteiger partial charge >= 0.3 is 0 Å². The molecule has 21 heavy (non-hydrogen) atoms. The highest BCUT2D eigenvalue weighted by Crippen LogP contribution is 2.26. The number of hydrogen-bond acceptors (Lipinski definition) is 4. The zero-order valence-electron chi connectivity index (χ0n) is 11.7. The summed E-state index contributed by atoms with van der Waals surface area (Å²) in [4.78, 5) is 8.44. The maximum atomic E-state index is 14.0.